The Balaban J connectivity index is 1.36. The van der Waals surface area contributed by atoms with Crippen LogP contribution in [0.1, 0.15) is 28.9 Å². The number of ether oxygens (including phenoxy) is 3. The summed E-state index contributed by atoms with van der Waals surface area (Å²) in [5, 5.41) is 8.39. The number of nitrogens with zero attached hydrogens (tertiary/aromatic N) is 3. The number of anilines is 1. The molecule has 1 aromatic heterocycles. The van der Waals surface area contributed by atoms with Crippen molar-refractivity contribution in [1.29, 1.82) is 0 Å². The van der Waals surface area contributed by atoms with Gasteiger partial charge in [0.15, 0.2) is 11.5 Å². The van der Waals surface area contributed by atoms with E-state index in [2.05, 4.69) is 71.9 Å². The third-order valence-electron chi connectivity index (χ3n) is 6.86. The summed E-state index contributed by atoms with van der Waals surface area (Å²) in [6.45, 7) is 11.8. The number of nitrogens with one attached hydrogen (secondary N) is 1. The molecule has 0 unspecified atom stereocenters. The normalized spacial score (nSPS) is 17.3. The molecular weight excluding hydrogens is 476 g/mol. The van der Waals surface area contributed by atoms with E-state index in [-0.39, 0.29) is 0 Å². The van der Waals surface area contributed by atoms with Crippen LogP contribution < -0.4 is 14.8 Å². The van der Waals surface area contributed by atoms with Gasteiger partial charge in [-0.15, -0.1) is 0 Å². The van der Waals surface area contributed by atoms with Gasteiger partial charge in [-0.3, -0.25) is 0 Å². The Morgan fingerprint density at radius 2 is 1.74 bits per heavy atom. The van der Waals surface area contributed by atoms with Gasteiger partial charge in [0, 0.05) is 35.7 Å². The number of fused-ring (bicyclic) bond motifs is 1. The van der Waals surface area contributed by atoms with E-state index < -0.39 is 0 Å². The molecule has 2 aliphatic heterocycles. The van der Waals surface area contributed by atoms with Crippen molar-refractivity contribution in [2.24, 2.45) is 0 Å². The minimum Gasteiger partial charge on any atom is -0.493 e. The first-order valence-corrected chi connectivity index (χ1v) is 12.8. The van der Waals surface area contributed by atoms with E-state index in [1.54, 1.807) is 14.2 Å². The van der Waals surface area contributed by atoms with E-state index in [1.165, 1.54) is 0 Å². The number of rotatable bonds is 8. The highest BCUT2D eigenvalue weighted by atomic mass is 16.5. The maximum absolute atomic E-state index is 5.54. The quantitative estimate of drug-likeness (QED) is 0.421. The number of hydrogen-bond acceptors (Lipinski definition) is 6. The lowest BCUT2D eigenvalue weighted by Crippen LogP contribution is -2.34. The molecule has 0 saturated carbocycles. The van der Waals surface area contributed by atoms with Crippen molar-refractivity contribution in [2.75, 3.05) is 45.8 Å². The maximum Gasteiger partial charge on any atom is 0.161 e. The summed E-state index contributed by atoms with van der Waals surface area (Å²) in [6.07, 6.45) is 8.15. The predicted octanol–water partition coefficient (Wildman–Crippen LogP) is 5.68. The lowest BCUT2D eigenvalue weighted by Gasteiger charge is -2.30. The Kier molecular flexibility index (Phi) is 7.65. The molecule has 1 saturated heterocycles. The summed E-state index contributed by atoms with van der Waals surface area (Å²) in [5.41, 5.74) is 7.68. The second kappa shape index (κ2) is 11.4. The van der Waals surface area contributed by atoms with Crippen LogP contribution >= 0.6 is 0 Å². The fourth-order valence-corrected chi connectivity index (χ4v) is 4.73. The number of aromatic nitrogens is 2. The molecule has 2 aliphatic rings. The van der Waals surface area contributed by atoms with Crippen molar-refractivity contribution < 1.29 is 14.2 Å². The Labute approximate surface area is 224 Å². The molecule has 1 N–H and O–H groups in total. The number of hydrogen-bond donors (Lipinski definition) is 1. The Morgan fingerprint density at radius 3 is 2.47 bits per heavy atom. The second-order valence-corrected chi connectivity index (χ2v) is 9.25. The van der Waals surface area contributed by atoms with E-state index in [9.17, 15) is 0 Å². The molecule has 5 rings (SSSR count). The van der Waals surface area contributed by atoms with E-state index in [4.69, 9.17) is 19.3 Å². The van der Waals surface area contributed by atoms with Crippen molar-refractivity contribution in [3.8, 4) is 11.5 Å². The molecule has 3 aromatic rings. The van der Waals surface area contributed by atoms with Crippen LogP contribution in [0.5, 0.6) is 11.5 Å². The van der Waals surface area contributed by atoms with Crippen molar-refractivity contribution in [1.82, 2.24) is 14.7 Å². The second-order valence-electron chi connectivity index (χ2n) is 9.25. The topological polar surface area (TPSA) is 60.8 Å². The number of aryl methyl sites for hydroxylation is 1. The van der Waals surface area contributed by atoms with Gasteiger partial charge in [0.2, 0.25) is 0 Å². The summed E-state index contributed by atoms with van der Waals surface area (Å²) in [5.74, 6) is 1.37. The van der Waals surface area contributed by atoms with Gasteiger partial charge in [-0.2, -0.15) is 5.10 Å². The van der Waals surface area contributed by atoms with Gasteiger partial charge in [-0.25, -0.2) is 4.68 Å². The average molecular weight is 511 g/mol. The molecule has 0 radical (unpaired) electrons. The summed E-state index contributed by atoms with van der Waals surface area (Å²) < 4.78 is 18.4. The zero-order valence-corrected chi connectivity index (χ0v) is 22.1. The summed E-state index contributed by atoms with van der Waals surface area (Å²) in [6, 6.07) is 16.3. The molecule has 0 aliphatic carbocycles. The summed E-state index contributed by atoms with van der Waals surface area (Å²) >= 11 is 0. The summed E-state index contributed by atoms with van der Waals surface area (Å²) in [4.78, 5) is 2.27. The molecule has 0 bridgehead atoms. The molecule has 38 heavy (non-hydrogen) atoms. The summed E-state index contributed by atoms with van der Waals surface area (Å²) in [7, 11) is 3.28. The Hall–Kier alpha value is -4.23. The van der Waals surface area contributed by atoms with Gasteiger partial charge in [0.25, 0.3) is 0 Å². The number of benzene rings is 2. The van der Waals surface area contributed by atoms with Crippen LogP contribution in [0.15, 0.2) is 79.9 Å². The van der Waals surface area contributed by atoms with Crippen LogP contribution in [0, 0.1) is 0 Å². The highest BCUT2D eigenvalue weighted by Gasteiger charge is 2.18. The van der Waals surface area contributed by atoms with Crippen molar-refractivity contribution >= 4 is 22.8 Å². The Bertz CT molecular complexity index is 1380. The minimum absolute atomic E-state index is 0.677. The minimum atomic E-state index is 0.677. The number of methoxy groups -OCH3 is 2. The van der Waals surface area contributed by atoms with E-state index in [0.29, 0.717) is 11.5 Å². The van der Waals surface area contributed by atoms with Crippen molar-refractivity contribution in [3.63, 3.8) is 0 Å². The fourth-order valence-electron chi connectivity index (χ4n) is 4.73. The monoisotopic (exact) mass is 510 g/mol. The van der Waals surface area contributed by atoms with Crippen LogP contribution in [0.25, 0.3) is 17.1 Å². The first-order chi connectivity index (χ1) is 18.6. The van der Waals surface area contributed by atoms with Gasteiger partial charge in [-0.1, -0.05) is 37.4 Å². The molecule has 0 atom stereocenters. The highest BCUT2D eigenvalue weighted by Crippen LogP contribution is 2.32. The van der Waals surface area contributed by atoms with E-state index in [1.807, 2.05) is 22.9 Å². The van der Waals surface area contributed by atoms with Crippen LogP contribution in [0.3, 0.4) is 0 Å². The molecular formula is C31H34N4O3. The van der Waals surface area contributed by atoms with Crippen LogP contribution in [-0.2, 0) is 11.2 Å². The van der Waals surface area contributed by atoms with E-state index in [0.717, 1.165) is 84.4 Å². The lowest BCUT2D eigenvalue weighted by molar-refractivity contribution is 0.0641. The predicted molar refractivity (Wildman–Crippen MR) is 153 cm³/mol. The number of morpholine rings is 1. The smallest absolute Gasteiger partial charge is 0.161 e. The van der Waals surface area contributed by atoms with E-state index >= 15 is 0 Å². The first kappa shape index (κ1) is 25.4. The van der Waals surface area contributed by atoms with Gasteiger partial charge in [0.05, 0.1) is 38.8 Å². The zero-order valence-electron chi connectivity index (χ0n) is 22.1. The van der Waals surface area contributed by atoms with Gasteiger partial charge in [0.1, 0.15) is 5.69 Å². The molecule has 2 aromatic carbocycles. The van der Waals surface area contributed by atoms with Gasteiger partial charge < -0.3 is 24.4 Å². The molecule has 3 heterocycles. The van der Waals surface area contributed by atoms with Crippen LogP contribution in [-0.4, -0.2) is 55.2 Å². The highest BCUT2D eigenvalue weighted by molar-refractivity contribution is 5.76. The fraction of sp³-hybridized carbons (Fsp3) is 0.258. The molecule has 196 valence electrons. The Morgan fingerprint density at radius 1 is 0.974 bits per heavy atom. The third kappa shape index (κ3) is 5.38. The molecule has 0 amide bonds. The first-order valence-electron chi connectivity index (χ1n) is 12.8. The van der Waals surface area contributed by atoms with Gasteiger partial charge in [-0.05, 0) is 60.9 Å². The molecule has 7 nitrogen and oxygen atoms in total. The molecule has 0 spiro atoms. The van der Waals surface area contributed by atoms with Crippen LogP contribution in [0.2, 0.25) is 0 Å². The zero-order chi connectivity index (χ0) is 26.5. The lowest BCUT2D eigenvalue weighted by atomic mass is 10.1. The largest absolute Gasteiger partial charge is 0.493 e. The van der Waals surface area contributed by atoms with Crippen molar-refractivity contribution in [2.45, 2.75) is 12.8 Å². The third-order valence-corrected chi connectivity index (χ3v) is 6.86. The van der Waals surface area contributed by atoms with Crippen LogP contribution in [0.4, 0.5) is 5.69 Å². The van der Waals surface area contributed by atoms with Crippen molar-refractivity contribution in [3.05, 3.63) is 102 Å². The molecule has 1 fully saturated rings. The average Bonchev–Trinajstić information content (AvgIpc) is 3.36. The number of allylic oxidation sites excluding steroid dienone is 3. The maximum atomic E-state index is 5.54. The standard InChI is InChI=1S/C31H34N4O3/c1-22(32-26-13-10-24(11-14-26)23(2)34-16-18-38-19-17-34)28-21-27-8-6-5-7-9-29(35(27)33-28)25-12-15-30(36-3)31(20-25)37-4/h5,7,9-15,20-21,32H,1-2,6,8,16-19H2,3-4H3/b7-5-,29-9-. The van der Waals surface area contributed by atoms with Gasteiger partial charge >= 0.3 is 0 Å². The molecule has 7 heteroatoms. The SMILES string of the molecule is C=C(Nc1ccc(C(=C)N2CCOCC2)cc1)c1cc2n(n1)/C(c1ccc(OC)c(OC)c1)=C\C=C/CC2.